The maximum absolute atomic E-state index is 13.2. The highest BCUT2D eigenvalue weighted by atomic mass is 79.9. The normalized spacial score (nSPS) is 15.3. The molecule has 10 heteroatoms. The van der Waals surface area contributed by atoms with Crippen molar-refractivity contribution in [1.82, 2.24) is 18.8 Å². The van der Waals surface area contributed by atoms with Crippen LogP contribution in [-0.4, -0.2) is 59.3 Å². The summed E-state index contributed by atoms with van der Waals surface area (Å²) < 4.78 is 42.6. The van der Waals surface area contributed by atoms with Crippen molar-refractivity contribution in [3.8, 4) is 5.69 Å². The Bertz CT molecular complexity index is 1160. The number of piperazine rings is 1. The molecule has 156 valence electrons. The third-order valence-electron chi connectivity index (χ3n) is 4.94. The first-order valence-electron chi connectivity index (χ1n) is 9.19. The van der Waals surface area contributed by atoms with Crippen LogP contribution in [0.5, 0.6) is 0 Å². The molecule has 1 aliphatic rings. The third-order valence-corrected chi connectivity index (χ3v) is 7.38. The minimum absolute atomic E-state index is 0.203. The highest BCUT2D eigenvalue weighted by molar-refractivity contribution is 9.10. The summed E-state index contributed by atoms with van der Waals surface area (Å²) in [4.78, 5) is 18.9. The lowest BCUT2D eigenvalue weighted by Gasteiger charge is -2.34. The number of carbonyl (C=O) groups is 1. The van der Waals surface area contributed by atoms with E-state index in [0.717, 1.165) is 4.47 Å². The molecule has 1 saturated heterocycles. The predicted octanol–water partition coefficient (Wildman–Crippen LogP) is 2.92. The highest BCUT2D eigenvalue weighted by Crippen LogP contribution is 2.21. The first-order valence-corrected chi connectivity index (χ1v) is 11.4. The summed E-state index contributed by atoms with van der Waals surface area (Å²) in [7, 11) is -3.62. The van der Waals surface area contributed by atoms with Crippen molar-refractivity contribution >= 4 is 31.9 Å². The SMILES string of the molecule is O=C(c1cncn1-c1ccc(F)cc1)N1CCN(S(=O)(=O)c2ccc(Br)cc2)CC1. The van der Waals surface area contributed by atoms with Crippen LogP contribution in [0.1, 0.15) is 10.5 Å². The summed E-state index contributed by atoms with van der Waals surface area (Å²) in [6.07, 6.45) is 2.95. The van der Waals surface area contributed by atoms with Gasteiger partial charge < -0.3 is 4.90 Å². The maximum Gasteiger partial charge on any atom is 0.272 e. The quantitative estimate of drug-likeness (QED) is 0.561. The standard InChI is InChI=1S/C20H18BrFN4O3S/c21-15-1-7-18(8-2-15)30(28,29)25-11-9-24(10-12-25)20(27)19-13-23-14-26(19)17-5-3-16(22)4-6-17/h1-8,13-14H,9-12H2. The first-order chi connectivity index (χ1) is 14.4. The fraction of sp³-hybridized carbons (Fsp3) is 0.200. The Morgan fingerprint density at radius 1 is 0.967 bits per heavy atom. The fourth-order valence-corrected chi connectivity index (χ4v) is 5.00. The van der Waals surface area contributed by atoms with Gasteiger partial charge in [0.2, 0.25) is 10.0 Å². The van der Waals surface area contributed by atoms with Crippen molar-refractivity contribution in [2.45, 2.75) is 4.90 Å². The van der Waals surface area contributed by atoms with Gasteiger partial charge in [-0.1, -0.05) is 15.9 Å². The van der Waals surface area contributed by atoms with Gasteiger partial charge in [0.25, 0.3) is 5.91 Å². The van der Waals surface area contributed by atoms with Crippen molar-refractivity contribution in [2.75, 3.05) is 26.2 Å². The number of hydrogen-bond donors (Lipinski definition) is 0. The van der Waals surface area contributed by atoms with Gasteiger partial charge in [0.1, 0.15) is 11.5 Å². The fourth-order valence-electron chi connectivity index (χ4n) is 3.31. The number of aromatic nitrogens is 2. The van der Waals surface area contributed by atoms with Crippen molar-refractivity contribution in [3.63, 3.8) is 0 Å². The zero-order valence-corrected chi connectivity index (χ0v) is 18.2. The van der Waals surface area contributed by atoms with Gasteiger partial charge in [0.05, 0.1) is 17.4 Å². The molecule has 30 heavy (non-hydrogen) atoms. The molecule has 1 fully saturated rings. The van der Waals surface area contributed by atoms with Crippen LogP contribution in [0.2, 0.25) is 0 Å². The molecule has 1 aromatic heterocycles. The number of sulfonamides is 1. The minimum Gasteiger partial charge on any atom is -0.335 e. The Kier molecular flexibility index (Phi) is 5.72. The summed E-state index contributed by atoms with van der Waals surface area (Å²) in [5, 5.41) is 0. The van der Waals surface area contributed by atoms with E-state index in [9.17, 15) is 17.6 Å². The predicted molar refractivity (Wildman–Crippen MR) is 112 cm³/mol. The maximum atomic E-state index is 13.2. The van der Waals surface area contributed by atoms with Gasteiger partial charge in [0, 0.05) is 36.3 Å². The van der Waals surface area contributed by atoms with Crippen LogP contribution >= 0.6 is 15.9 Å². The Morgan fingerprint density at radius 2 is 1.60 bits per heavy atom. The number of imidazole rings is 1. The van der Waals surface area contributed by atoms with E-state index in [-0.39, 0.29) is 42.8 Å². The second kappa shape index (κ2) is 8.29. The molecule has 0 N–H and O–H groups in total. The number of benzene rings is 2. The molecule has 0 radical (unpaired) electrons. The Hall–Kier alpha value is -2.56. The number of amides is 1. The van der Waals surface area contributed by atoms with Gasteiger partial charge in [-0.2, -0.15) is 4.31 Å². The van der Waals surface area contributed by atoms with Crippen molar-refractivity contribution in [1.29, 1.82) is 0 Å². The zero-order chi connectivity index (χ0) is 21.3. The third kappa shape index (κ3) is 4.03. The molecule has 7 nitrogen and oxygen atoms in total. The summed E-state index contributed by atoms with van der Waals surface area (Å²) in [5.41, 5.74) is 0.958. The van der Waals surface area contributed by atoms with Crippen molar-refractivity contribution in [2.24, 2.45) is 0 Å². The van der Waals surface area contributed by atoms with Gasteiger partial charge in [-0.05, 0) is 48.5 Å². The van der Waals surface area contributed by atoms with Crippen LogP contribution in [0.3, 0.4) is 0 Å². The van der Waals surface area contributed by atoms with Crippen LogP contribution in [0, 0.1) is 5.82 Å². The van der Waals surface area contributed by atoms with E-state index in [2.05, 4.69) is 20.9 Å². The first kappa shape index (κ1) is 20.7. The molecular formula is C20H18BrFN4O3S. The van der Waals surface area contributed by atoms with Crippen LogP contribution < -0.4 is 0 Å². The molecule has 0 aliphatic carbocycles. The van der Waals surface area contributed by atoms with E-state index < -0.39 is 10.0 Å². The van der Waals surface area contributed by atoms with E-state index in [0.29, 0.717) is 11.4 Å². The molecule has 0 atom stereocenters. The van der Waals surface area contributed by atoms with Gasteiger partial charge in [-0.25, -0.2) is 17.8 Å². The van der Waals surface area contributed by atoms with E-state index in [1.165, 1.54) is 29.0 Å². The Labute approximate surface area is 181 Å². The smallest absolute Gasteiger partial charge is 0.272 e. The van der Waals surface area contributed by atoms with E-state index in [1.54, 1.807) is 45.9 Å². The van der Waals surface area contributed by atoms with Crippen LogP contribution in [-0.2, 0) is 10.0 Å². The van der Waals surface area contributed by atoms with Gasteiger partial charge in [-0.15, -0.1) is 0 Å². The topological polar surface area (TPSA) is 75.5 Å². The molecule has 0 spiro atoms. The lowest BCUT2D eigenvalue weighted by Crippen LogP contribution is -2.50. The summed E-state index contributed by atoms with van der Waals surface area (Å²) in [6, 6.07) is 12.2. The molecule has 3 aromatic rings. The van der Waals surface area contributed by atoms with Gasteiger partial charge in [0.15, 0.2) is 0 Å². The highest BCUT2D eigenvalue weighted by Gasteiger charge is 2.31. The lowest BCUT2D eigenvalue weighted by molar-refractivity contribution is 0.0690. The zero-order valence-electron chi connectivity index (χ0n) is 15.8. The molecule has 1 amide bonds. The summed E-state index contributed by atoms with van der Waals surface area (Å²) in [6.45, 7) is 0.940. The molecule has 2 heterocycles. The average Bonchev–Trinajstić information content (AvgIpc) is 3.24. The van der Waals surface area contributed by atoms with Crippen molar-refractivity contribution in [3.05, 3.63) is 77.0 Å². The van der Waals surface area contributed by atoms with Crippen LogP contribution in [0.25, 0.3) is 5.69 Å². The second-order valence-electron chi connectivity index (χ2n) is 6.78. The summed E-state index contributed by atoms with van der Waals surface area (Å²) in [5.74, 6) is -0.618. The lowest BCUT2D eigenvalue weighted by atomic mass is 10.2. The second-order valence-corrected chi connectivity index (χ2v) is 9.63. The molecule has 4 rings (SSSR count). The molecule has 1 aliphatic heterocycles. The van der Waals surface area contributed by atoms with Gasteiger partial charge in [-0.3, -0.25) is 9.36 Å². The Morgan fingerprint density at radius 3 is 2.23 bits per heavy atom. The average molecular weight is 493 g/mol. The Balaban J connectivity index is 1.47. The monoisotopic (exact) mass is 492 g/mol. The van der Waals surface area contributed by atoms with Crippen molar-refractivity contribution < 1.29 is 17.6 Å². The van der Waals surface area contributed by atoms with Crippen LogP contribution in [0.15, 0.2) is 70.4 Å². The number of halogens is 2. The van der Waals surface area contributed by atoms with Gasteiger partial charge >= 0.3 is 0 Å². The molecule has 0 unspecified atom stereocenters. The van der Waals surface area contributed by atoms with E-state index in [1.807, 2.05) is 0 Å². The number of hydrogen-bond acceptors (Lipinski definition) is 4. The van der Waals surface area contributed by atoms with E-state index in [4.69, 9.17) is 0 Å². The number of nitrogens with zero attached hydrogens (tertiary/aromatic N) is 4. The minimum atomic E-state index is -3.62. The summed E-state index contributed by atoms with van der Waals surface area (Å²) >= 11 is 3.30. The number of rotatable bonds is 4. The largest absolute Gasteiger partial charge is 0.335 e. The molecule has 0 saturated carbocycles. The molecule has 2 aromatic carbocycles. The van der Waals surface area contributed by atoms with Crippen LogP contribution in [0.4, 0.5) is 4.39 Å². The number of carbonyl (C=O) groups excluding carboxylic acids is 1. The van der Waals surface area contributed by atoms with E-state index >= 15 is 0 Å². The molecule has 0 bridgehead atoms. The molecular weight excluding hydrogens is 475 g/mol.